The fourth-order valence-electron chi connectivity index (χ4n) is 1.61. The predicted molar refractivity (Wildman–Crippen MR) is 83.3 cm³/mol. The van der Waals surface area contributed by atoms with E-state index in [1.54, 1.807) is 24.3 Å². The Kier molecular flexibility index (Phi) is 4.43. The molecule has 8 heteroatoms. The van der Waals surface area contributed by atoms with Crippen LogP contribution in [0.5, 0.6) is 0 Å². The van der Waals surface area contributed by atoms with Gasteiger partial charge in [-0.15, -0.1) is 0 Å². The van der Waals surface area contributed by atoms with Gasteiger partial charge in [0.15, 0.2) is 0 Å². The number of nitrogens with two attached hydrogens (primary N) is 1. The van der Waals surface area contributed by atoms with Crippen molar-refractivity contribution in [1.29, 1.82) is 0 Å². The Morgan fingerprint density at radius 2 is 1.85 bits per heavy atom. The SMILES string of the molecule is NNc1cc(Nc2ccc(Br)c(Cl)c2)cc([N+](=O)[O-])c1. The van der Waals surface area contributed by atoms with Crippen LogP contribution in [0.2, 0.25) is 5.02 Å². The van der Waals surface area contributed by atoms with Gasteiger partial charge in [0.2, 0.25) is 0 Å². The van der Waals surface area contributed by atoms with Gasteiger partial charge < -0.3 is 10.7 Å². The molecule has 2 rings (SSSR count). The van der Waals surface area contributed by atoms with Crippen LogP contribution < -0.4 is 16.6 Å². The Morgan fingerprint density at radius 1 is 1.15 bits per heavy atom. The summed E-state index contributed by atoms with van der Waals surface area (Å²) in [5.74, 6) is 5.30. The normalized spacial score (nSPS) is 10.2. The maximum Gasteiger partial charge on any atom is 0.273 e. The van der Waals surface area contributed by atoms with Crippen molar-refractivity contribution >= 4 is 50.3 Å². The van der Waals surface area contributed by atoms with E-state index in [0.29, 0.717) is 22.1 Å². The smallest absolute Gasteiger partial charge is 0.273 e. The number of rotatable bonds is 4. The lowest BCUT2D eigenvalue weighted by atomic mass is 10.2. The molecule has 0 saturated carbocycles. The van der Waals surface area contributed by atoms with Crippen LogP contribution in [0, 0.1) is 10.1 Å². The van der Waals surface area contributed by atoms with Crippen LogP contribution in [0.15, 0.2) is 40.9 Å². The van der Waals surface area contributed by atoms with Crippen molar-refractivity contribution in [3.63, 3.8) is 0 Å². The van der Waals surface area contributed by atoms with Gasteiger partial charge in [0, 0.05) is 28.0 Å². The van der Waals surface area contributed by atoms with Gasteiger partial charge in [0.1, 0.15) is 0 Å². The van der Waals surface area contributed by atoms with Crippen LogP contribution in [0.1, 0.15) is 0 Å². The zero-order chi connectivity index (χ0) is 14.7. The van der Waals surface area contributed by atoms with Crippen LogP contribution in [0.25, 0.3) is 0 Å². The Labute approximate surface area is 128 Å². The highest BCUT2D eigenvalue weighted by Gasteiger charge is 2.10. The van der Waals surface area contributed by atoms with Gasteiger partial charge in [0.25, 0.3) is 5.69 Å². The third-order valence-electron chi connectivity index (χ3n) is 2.50. The van der Waals surface area contributed by atoms with Crippen molar-refractivity contribution in [3.8, 4) is 0 Å². The molecule has 6 nitrogen and oxygen atoms in total. The summed E-state index contributed by atoms with van der Waals surface area (Å²) in [6.07, 6.45) is 0. The first kappa shape index (κ1) is 14.6. The van der Waals surface area contributed by atoms with Gasteiger partial charge in [-0.2, -0.15) is 0 Å². The Hall–Kier alpha value is -1.83. The van der Waals surface area contributed by atoms with Crippen LogP contribution in [-0.4, -0.2) is 4.92 Å². The average molecular weight is 358 g/mol. The largest absolute Gasteiger partial charge is 0.355 e. The molecular weight excluding hydrogens is 348 g/mol. The topological polar surface area (TPSA) is 93.2 Å². The van der Waals surface area contributed by atoms with Crippen LogP contribution in [0.3, 0.4) is 0 Å². The first-order valence-electron chi connectivity index (χ1n) is 5.48. The van der Waals surface area contributed by atoms with E-state index in [2.05, 4.69) is 26.7 Å². The number of halogens is 2. The highest BCUT2D eigenvalue weighted by molar-refractivity contribution is 9.10. The van der Waals surface area contributed by atoms with E-state index in [1.807, 2.05) is 0 Å². The summed E-state index contributed by atoms with van der Waals surface area (Å²) in [4.78, 5) is 10.4. The number of nitrogen functional groups attached to an aromatic ring is 1. The van der Waals surface area contributed by atoms with Crippen LogP contribution in [0.4, 0.5) is 22.7 Å². The molecule has 0 amide bonds. The van der Waals surface area contributed by atoms with Gasteiger partial charge in [-0.1, -0.05) is 11.6 Å². The molecule has 0 atom stereocenters. The van der Waals surface area contributed by atoms with Crippen molar-refractivity contribution < 1.29 is 4.92 Å². The maximum absolute atomic E-state index is 10.9. The van der Waals surface area contributed by atoms with E-state index in [-0.39, 0.29) is 5.69 Å². The lowest BCUT2D eigenvalue weighted by Gasteiger charge is -2.09. The Morgan fingerprint density at radius 3 is 2.45 bits per heavy atom. The number of non-ortho nitro benzene ring substituents is 1. The second-order valence-corrected chi connectivity index (χ2v) is 5.19. The molecule has 0 unspecified atom stereocenters. The van der Waals surface area contributed by atoms with Crippen LogP contribution in [-0.2, 0) is 0 Å². The average Bonchev–Trinajstić information content (AvgIpc) is 2.42. The Balaban J connectivity index is 2.34. The predicted octanol–water partition coefficient (Wildman–Crippen LogP) is 4.04. The molecule has 0 radical (unpaired) electrons. The first-order valence-corrected chi connectivity index (χ1v) is 6.65. The van der Waals surface area contributed by atoms with Crippen molar-refractivity contribution in [2.75, 3.05) is 10.7 Å². The molecule has 20 heavy (non-hydrogen) atoms. The number of hydrogen-bond acceptors (Lipinski definition) is 5. The minimum atomic E-state index is -0.486. The van der Waals surface area contributed by atoms with E-state index in [9.17, 15) is 10.1 Å². The van der Waals surface area contributed by atoms with Gasteiger partial charge in [0.05, 0.1) is 15.6 Å². The highest BCUT2D eigenvalue weighted by atomic mass is 79.9. The molecule has 0 heterocycles. The minimum Gasteiger partial charge on any atom is -0.355 e. The monoisotopic (exact) mass is 356 g/mol. The molecule has 0 spiro atoms. The number of anilines is 3. The number of hydrazine groups is 1. The van der Waals surface area contributed by atoms with Gasteiger partial charge >= 0.3 is 0 Å². The summed E-state index contributed by atoms with van der Waals surface area (Å²) < 4.78 is 0.771. The van der Waals surface area contributed by atoms with Crippen LogP contribution >= 0.6 is 27.5 Å². The van der Waals surface area contributed by atoms with Crippen molar-refractivity contribution in [3.05, 3.63) is 56.0 Å². The molecule has 104 valence electrons. The molecule has 0 aliphatic carbocycles. The third kappa shape index (κ3) is 3.38. The summed E-state index contributed by atoms with van der Waals surface area (Å²) in [5.41, 5.74) is 4.01. The fraction of sp³-hybridized carbons (Fsp3) is 0. The molecule has 0 aliphatic heterocycles. The summed E-state index contributed by atoms with van der Waals surface area (Å²) in [7, 11) is 0. The molecule has 0 bridgehead atoms. The number of nitrogens with one attached hydrogen (secondary N) is 2. The molecular formula is C12H10BrClN4O2. The summed E-state index contributed by atoms with van der Waals surface area (Å²) in [6.45, 7) is 0. The van der Waals surface area contributed by atoms with E-state index in [0.717, 1.165) is 4.47 Å². The molecule has 2 aromatic carbocycles. The number of benzene rings is 2. The van der Waals surface area contributed by atoms with Gasteiger partial charge in [-0.3, -0.25) is 16.0 Å². The molecule has 4 N–H and O–H groups in total. The maximum atomic E-state index is 10.9. The molecule has 0 aliphatic rings. The minimum absolute atomic E-state index is 0.0637. The van der Waals surface area contributed by atoms with Crippen molar-refractivity contribution in [1.82, 2.24) is 0 Å². The highest BCUT2D eigenvalue weighted by Crippen LogP contribution is 2.30. The zero-order valence-electron chi connectivity index (χ0n) is 10.1. The quantitative estimate of drug-likeness (QED) is 0.436. The molecule has 0 saturated heterocycles. The fourth-order valence-corrected chi connectivity index (χ4v) is 2.04. The number of nitro benzene ring substituents is 1. The summed E-state index contributed by atoms with van der Waals surface area (Å²) >= 11 is 9.29. The standard InChI is InChI=1S/C12H10BrClN4O2/c13-11-2-1-7(6-12(11)14)16-8-3-9(17-15)5-10(4-8)18(19)20/h1-6,16-17H,15H2. The number of nitrogens with zero attached hydrogens (tertiary/aromatic N) is 1. The first-order chi connectivity index (χ1) is 9.49. The molecule has 2 aromatic rings. The van der Waals surface area contributed by atoms with E-state index >= 15 is 0 Å². The summed E-state index contributed by atoms with van der Waals surface area (Å²) in [6, 6.07) is 9.70. The lowest BCUT2D eigenvalue weighted by molar-refractivity contribution is -0.384. The molecule has 0 fully saturated rings. The summed E-state index contributed by atoms with van der Waals surface area (Å²) in [5, 5.41) is 14.4. The second-order valence-electron chi connectivity index (χ2n) is 3.92. The molecule has 0 aromatic heterocycles. The van der Waals surface area contributed by atoms with E-state index in [1.165, 1.54) is 12.1 Å². The lowest BCUT2D eigenvalue weighted by Crippen LogP contribution is -2.07. The van der Waals surface area contributed by atoms with E-state index in [4.69, 9.17) is 17.4 Å². The van der Waals surface area contributed by atoms with Crippen molar-refractivity contribution in [2.45, 2.75) is 0 Å². The van der Waals surface area contributed by atoms with Gasteiger partial charge in [-0.25, -0.2) is 0 Å². The number of hydrogen-bond donors (Lipinski definition) is 3. The Bertz CT molecular complexity index is 666. The van der Waals surface area contributed by atoms with E-state index < -0.39 is 4.92 Å². The zero-order valence-corrected chi connectivity index (χ0v) is 12.4. The van der Waals surface area contributed by atoms with Gasteiger partial charge in [-0.05, 0) is 40.2 Å². The second kappa shape index (κ2) is 6.08. The number of nitro groups is 1. The van der Waals surface area contributed by atoms with Crippen molar-refractivity contribution in [2.24, 2.45) is 5.84 Å². The third-order valence-corrected chi connectivity index (χ3v) is 3.74.